The number of hydrogen-bond donors (Lipinski definition) is 2. The second-order valence-corrected chi connectivity index (χ2v) is 6.40. The first-order chi connectivity index (χ1) is 11.6. The summed E-state index contributed by atoms with van der Waals surface area (Å²) in [6, 6.07) is 18.1. The summed E-state index contributed by atoms with van der Waals surface area (Å²) >= 11 is 3.44. The molecule has 0 unspecified atom stereocenters. The SMILES string of the molecule is CCc1ccccc1Nc1nc(C)cc(Nc2ccc(Br)cc2)n1. The van der Waals surface area contributed by atoms with Crippen molar-refractivity contribution in [2.24, 2.45) is 0 Å². The van der Waals surface area contributed by atoms with Gasteiger partial charge in [0.25, 0.3) is 0 Å². The normalized spacial score (nSPS) is 10.5. The van der Waals surface area contributed by atoms with E-state index >= 15 is 0 Å². The van der Waals surface area contributed by atoms with E-state index in [9.17, 15) is 0 Å². The Hall–Kier alpha value is -2.40. The van der Waals surface area contributed by atoms with E-state index in [2.05, 4.69) is 49.5 Å². The minimum Gasteiger partial charge on any atom is -0.340 e. The van der Waals surface area contributed by atoms with Gasteiger partial charge in [0.05, 0.1) is 0 Å². The Balaban J connectivity index is 1.84. The minimum absolute atomic E-state index is 0.593. The molecule has 3 aromatic rings. The molecule has 1 heterocycles. The van der Waals surface area contributed by atoms with E-state index in [0.29, 0.717) is 5.95 Å². The molecule has 0 aliphatic carbocycles. The Labute approximate surface area is 150 Å². The summed E-state index contributed by atoms with van der Waals surface area (Å²) < 4.78 is 1.05. The van der Waals surface area contributed by atoms with Crippen molar-refractivity contribution in [2.45, 2.75) is 20.3 Å². The third-order valence-electron chi connectivity index (χ3n) is 3.62. The molecule has 4 nitrogen and oxygen atoms in total. The van der Waals surface area contributed by atoms with Gasteiger partial charge in [-0.1, -0.05) is 41.1 Å². The van der Waals surface area contributed by atoms with Crippen LogP contribution in [0.1, 0.15) is 18.2 Å². The zero-order chi connectivity index (χ0) is 16.9. The maximum atomic E-state index is 4.58. The molecular formula is C19H19BrN4. The lowest BCUT2D eigenvalue weighted by Gasteiger charge is -2.12. The summed E-state index contributed by atoms with van der Waals surface area (Å²) in [4.78, 5) is 9.07. The van der Waals surface area contributed by atoms with Crippen LogP contribution in [0.25, 0.3) is 0 Å². The van der Waals surface area contributed by atoms with E-state index in [1.165, 1.54) is 5.56 Å². The number of benzene rings is 2. The second kappa shape index (κ2) is 7.45. The van der Waals surface area contributed by atoms with Gasteiger partial charge >= 0.3 is 0 Å². The van der Waals surface area contributed by atoms with Crippen molar-refractivity contribution >= 4 is 39.1 Å². The van der Waals surface area contributed by atoms with Crippen LogP contribution in [0.4, 0.5) is 23.1 Å². The van der Waals surface area contributed by atoms with Gasteiger partial charge in [0, 0.05) is 27.6 Å². The van der Waals surface area contributed by atoms with Crippen LogP contribution < -0.4 is 10.6 Å². The van der Waals surface area contributed by atoms with Crippen molar-refractivity contribution in [3.05, 3.63) is 70.3 Å². The summed E-state index contributed by atoms with van der Waals surface area (Å²) in [6.45, 7) is 4.10. The number of halogens is 1. The number of hydrogen-bond acceptors (Lipinski definition) is 4. The summed E-state index contributed by atoms with van der Waals surface area (Å²) in [6.07, 6.45) is 0.957. The number of aryl methyl sites for hydroxylation is 2. The number of aromatic nitrogens is 2. The number of nitrogens with zero attached hydrogens (tertiary/aromatic N) is 2. The number of para-hydroxylation sites is 1. The lowest BCUT2D eigenvalue weighted by molar-refractivity contribution is 1.09. The van der Waals surface area contributed by atoms with Gasteiger partial charge in [-0.05, 0) is 49.2 Å². The predicted molar refractivity (Wildman–Crippen MR) is 103 cm³/mol. The summed E-state index contributed by atoms with van der Waals surface area (Å²) in [7, 11) is 0. The van der Waals surface area contributed by atoms with E-state index in [1.807, 2.05) is 55.5 Å². The molecule has 0 amide bonds. The third kappa shape index (κ3) is 4.11. The molecule has 0 aliphatic heterocycles. The highest BCUT2D eigenvalue weighted by Crippen LogP contribution is 2.22. The highest BCUT2D eigenvalue weighted by Gasteiger charge is 2.06. The van der Waals surface area contributed by atoms with E-state index in [4.69, 9.17) is 0 Å². The average Bonchev–Trinajstić information content (AvgIpc) is 2.57. The van der Waals surface area contributed by atoms with Crippen molar-refractivity contribution in [3.8, 4) is 0 Å². The lowest BCUT2D eigenvalue weighted by Crippen LogP contribution is -2.03. The van der Waals surface area contributed by atoms with Crippen LogP contribution in [0.3, 0.4) is 0 Å². The molecule has 5 heteroatoms. The van der Waals surface area contributed by atoms with Crippen molar-refractivity contribution in [3.63, 3.8) is 0 Å². The summed E-state index contributed by atoms with van der Waals surface area (Å²) in [5, 5.41) is 6.64. The first-order valence-corrected chi connectivity index (χ1v) is 8.66. The predicted octanol–water partition coefficient (Wildman–Crippen LogP) is 5.60. The fraction of sp³-hybridized carbons (Fsp3) is 0.158. The monoisotopic (exact) mass is 382 g/mol. The van der Waals surface area contributed by atoms with Gasteiger partial charge in [-0.3, -0.25) is 0 Å². The summed E-state index contributed by atoms with van der Waals surface area (Å²) in [5.41, 5.74) is 4.17. The molecule has 122 valence electrons. The van der Waals surface area contributed by atoms with Crippen LogP contribution >= 0.6 is 15.9 Å². The molecule has 0 atom stereocenters. The van der Waals surface area contributed by atoms with Crippen LogP contribution in [0.5, 0.6) is 0 Å². The standard InChI is InChI=1S/C19H19BrN4/c1-3-14-6-4-5-7-17(14)23-19-21-13(2)12-18(24-19)22-16-10-8-15(20)9-11-16/h4-12H,3H2,1-2H3,(H2,21,22,23,24). The lowest BCUT2D eigenvalue weighted by atomic mass is 10.1. The van der Waals surface area contributed by atoms with Gasteiger partial charge in [0.2, 0.25) is 5.95 Å². The fourth-order valence-electron chi connectivity index (χ4n) is 2.44. The van der Waals surface area contributed by atoms with Gasteiger partial charge in [0.15, 0.2) is 0 Å². The molecule has 0 bridgehead atoms. The summed E-state index contributed by atoms with van der Waals surface area (Å²) in [5.74, 6) is 1.36. The topological polar surface area (TPSA) is 49.8 Å². The molecular weight excluding hydrogens is 364 g/mol. The third-order valence-corrected chi connectivity index (χ3v) is 4.14. The molecule has 2 N–H and O–H groups in total. The van der Waals surface area contributed by atoms with Gasteiger partial charge in [0.1, 0.15) is 5.82 Å². The van der Waals surface area contributed by atoms with Crippen LogP contribution in [0.15, 0.2) is 59.1 Å². The molecule has 0 saturated heterocycles. The fourth-order valence-corrected chi connectivity index (χ4v) is 2.70. The average molecular weight is 383 g/mol. The molecule has 24 heavy (non-hydrogen) atoms. The molecule has 3 rings (SSSR count). The highest BCUT2D eigenvalue weighted by molar-refractivity contribution is 9.10. The zero-order valence-corrected chi connectivity index (χ0v) is 15.3. The maximum Gasteiger partial charge on any atom is 0.229 e. The quantitative estimate of drug-likeness (QED) is 0.602. The van der Waals surface area contributed by atoms with Crippen molar-refractivity contribution in [1.29, 1.82) is 0 Å². The van der Waals surface area contributed by atoms with Gasteiger partial charge in [-0.2, -0.15) is 4.98 Å². The van der Waals surface area contributed by atoms with E-state index in [0.717, 1.165) is 33.8 Å². The van der Waals surface area contributed by atoms with Crippen molar-refractivity contribution in [2.75, 3.05) is 10.6 Å². The largest absolute Gasteiger partial charge is 0.340 e. The van der Waals surface area contributed by atoms with Crippen LogP contribution in [-0.4, -0.2) is 9.97 Å². The Morgan fingerprint density at radius 3 is 2.46 bits per heavy atom. The molecule has 2 aromatic carbocycles. The van der Waals surface area contributed by atoms with Crippen molar-refractivity contribution in [1.82, 2.24) is 9.97 Å². The van der Waals surface area contributed by atoms with Crippen LogP contribution in [0, 0.1) is 6.92 Å². The smallest absolute Gasteiger partial charge is 0.229 e. The van der Waals surface area contributed by atoms with E-state index in [-0.39, 0.29) is 0 Å². The zero-order valence-electron chi connectivity index (χ0n) is 13.7. The Bertz CT molecular complexity index is 831. The Kier molecular flexibility index (Phi) is 5.11. The van der Waals surface area contributed by atoms with Gasteiger partial charge < -0.3 is 10.6 Å². The molecule has 0 aliphatic rings. The maximum absolute atomic E-state index is 4.58. The first kappa shape index (κ1) is 16.5. The molecule has 1 aromatic heterocycles. The van der Waals surface area contributed by atoms with E-state index < -0.39 is 0 Å². The molecule has 0 saturated carbocycles. The van der Waals surface area contributed by atoms with Gasteiger partial charge in [-0.15, -0.1) is 0 Å². The highest BCUT2D eigenvalue weighted by atomic mass is 79.9. The van der Waals surface area contributed by atoms with Gasteiger partial charge in [-0.25, -0.2) is 4.98 Å². The van der Waals surface area contributed by atoms with E-state index in [1.54, 1.807) is 0 Å². The molecule has 0 radical (unpaired) electrons. The second-order valence-electron chi connectivity index (χ2n) is 5.49. The van der Waals surface area contributed by atoms with Crippen LogP contribution in [0.2, 0.25) is 0 Å². The first-order valence-electron chi connectivity index (χ1n) is 7.87. The minimum atomic E-state index is 0.593. The number of nitrogens with one attached hydrogen (secondary N) is 2. The van der Waals surface area contributed by atoms with Crippen LogP contribution in [-0.2, 0) is 6.42 Å². The van der Waals surface area contributed by atoms with Crippen molar-refractivity contribution < 1.29 is 0 Å². The Morgan fingerprint density at radius 1 is 0.958 bits per heavy atom. The number of rotatable bonds is 5. The molecule has 0 fully saturated rings. The number of anilines is 4. The Morgan fingerprint density at radius 2 is 1.71 bits per heavy atom. The molecule has 0 spiro atoms.